The molecule has 1 aromatic carbocycles. The van der Waals surface area contributed by atoms with Gasteiger partial charge in [0.15, 0.2) is 4.77 Å². The molecule has 2 nitrogen and oxygen atoms in total. The van der Waals surface area contributed by atoms with E-state index >= 15 is 0 Å². The van der Waals surface area contributed by atoms with Crippen molar-refractivity contribution in [3.05, 3.63) is 44.9 Å². The first-order valence-corrected chi connectivity index (χ1v) is 6.19. The van der Waals surface area contributed by atoms with Crippen molar-refractivity contribution >= 4 is 28.1 Å². The van der Waals surface area contributed by atoms with Gasteiger partial charge in [0.1, 0.15) is 11.6 Å². The van der Waals surface area contributed by atoms with E-state index in [1.165, 1.54) is 4.57 Å². The van der Waals surface area contributed by atoms with Crippen molar-refractivity contribution in [1.29, 1.82) is 0 Å². The van der Waals surface area contributed by atoms with Crippen LogP contribution in [0.1, 0.15) is 12.6 Å². The van der Waals surface area contributed by atoms with E-state index < -0.39 is 11.6 Å². The molecule has 0 atom stereocenters. The molecule has 0 spiro atoms. The summed E-state index contributed by atoms with van der Waals surface area (Å²) in [6.45, 7) is 1.92. The molecule has 2 rings (SSSR count). The Morgan fingerprint density at radius 3 is 2.71 bits per heavy atom. The minimum atomic E-state index is -0.524. The summed E-state index contributed by atoms with van der Waals surface area (Å²) in [6, 6.07) is 2.22. The maximum Gasteiger partial charge on any atom is 0.182 e. The largest absolute Gasteiger partial charge is 0.337 e. The van der Waals surface area contributed by atoms with Crippen molar-refractivity contribution in [3.8, 4) is 5.69 Å². The van der Waals surface area contributed by atoms with Gasteiger partial charge in [-0.2, -0.15) is 0 Å². The van der Waals surface area contributed by atoms with Crippen LogP contribution in [0.5, 0.6) is 0 Å². The molecule has 0 aliphatic rings. The maximum absolute atomic E-state index is 13.8. The second-order valence-corrected chi connectivity index (χ2v) is 4.73. The Labute approximate surface area is 110 Å². The van der Waals surface area contributed by atoms with Gasteiger partial charge < -0.3 is 4.98 Å². The lowest BCUT2D eigenvalue weighted by Crippen LogP contribution is -2.03. The number of nitrogens with zero attached hydrogens (tertiary/aromatic N) is 1. The number of aryl methyl sites for hydroxylation is 1. The molecular weight excluding hydrogens is 310 g/mol. The SMILES string of the molecule is CCc1c[nH]c(=S)n1-c1cc(F)c(Br)cc1F. The Balaban J connectivity index is 2.72. The van der Waals surface area contributed by atoms with Gasteiger partial charge in [0.25, 0.3) is 0 Å². The third-order valence-electron chi connectivity index (χ3n) is 2.45. The Kier molecular flexibility index (Phi) is 3.44. The Morgan fingerprint density at radius 1 is 1.35 bits per heavy atom. The van der Waals surface area contributed by atoms with Gasteiger partial charge in [0.05, 0.1) is 10.2 Å². The topological polar surface area (TPSA) is 20.7 Å². The number of imidazole rings is 1. The van der Waals surface area contributed by atoms with Crippen LogP contribution in [0, 0.1) is 16.4 Å². The van der Waals surface area contributed by atoms with Crippen LogP contribution in [0.2, 0.25) is 0 Å². The first-order chi connectivity index (χ1) is 8.04. The first-order valence-electron chi connectivity index (χ1n) is 4.98. The normalized spacial score (nSPS) is 10.8. The highest BCUT2D eigenvalue weighted by Gasteiger charge is 2.13. The van der Waals surface area contributed by atoms with E-state index in [1.807, 2.05) is 6.92 Å². The van der Waals surface area contributed by atoms with Crippen molar-refractivity contribution in [2.45, 2.75) is 13.3 Å². The second-order valence-electron chi connectivity index (χ2n) is 3.49. The van der Waals surface area contributed by atoms with E-state index in [0.717, 1.165) is 17.8 Å². The number of aromatic amines is 1. The van der Waals surface area contributed by atoms with E-state index in [4.69, 9.17) is 12.2 Å². The molecule has 1 heterocycles. The zero-order valence-corrected chi connectivity index (χ0v) is 11.3. The lowest BCUT2D eigenvalue weighted by Gasteiger charge is -2.09. The van der Waals surface area contributed by atoms with Crippen molar-refractivity contribution in [3.63, 3.8) is 0 Å². The van der Waals surface area contributed by atoms with Crippen LogP contribution >= 0.6 is 28.1 Å². The quantitative estimate of drug-likeness (QED) is 0.652. The van der Waals surface area contributed by atoms with Crippen LogP contribution in [0.25, 0.3) is 5.69 Å². The zero-order valence-electron chi connectivity index (χ0n) is 8.93. The molecule has 0 aliphatic heterocycles. The number of rotatable bonds is 2. The smallest absolute Gasteiger partial charge is 0.182 e. The Hall–Kier alpha value is -1.01. The number of benzene rings is 1. The molecule has 0 bridgehead atoms. The summed E-state index contributed by atoms with van der Waals surface area (Å²) < 4.78 is 29.2. The molecule has 2 aromatic rings. The van der Waals surface area contributed by atoms with Crippen LogP contribution in [-0.4, -0.2) is 9.55 Å². The molecular formula is C11H9BrF2N2S. The molecule has 0 saturated carbocycles. The summed E-state index contributed by atoms with van der Waals surface area (Å²) in [5.41, 5.74) is 0.921. The highest BCUT2D eigenvalue weighted by atomic mass is 79.9. The lowest BCUT2D eigenvalue weighted by molar-refractivity contribution is 0.585. The predicted octanol–water partition coefficient (Wildman–Crippen LogP) is 4.14. The average molecular weight is 319 g/mol. The van der Waals surface area contributed by atoms with Gasteiger partial charge in [-0.25, -0.2) is 8.78 Å². The highest BCUT2D eigenvalue weighted by molar-refractivity contribution is 9.10. The van der Waals surface area contributed by atoms with Crippen LogP contribution in [0.3, 0.4) is 0 Å². The third kappa shape index (κ3) is 2.19. The van der Waals surface area contributed by atoms with Crippen LogP contribution < -0.4 is 0 Å². The summed E-state index contributed by atoms with van der Waals surface area (Å²) in [4.78, 5) is 2.82. The first kappa shape index (κ1) is 12.4. The van der Waals surface area contributed by atoms with Crippen molar-refractivity contribution in [2.24, 2.45) is 0 Å². The minimum absolute atomic E-state index is 0.0962. The van der Waals surface area contributed by atoms with E-state index in [0.29, 0.717) is 11.2 Å². The third-order valence-corrected chi connectivity index (χ3v) is 3.35. The van der Waals surface area contributed by atoms with Crippen molar-refractivity contribution in [2.75, 3.05) is 0 Å². The fourth-order valence-corrected chi connectivity index (χ4v) is 2.20. The van der Waals surface area contributed by atoms with Crippen molar-refractivity contribution < 1.29 is 8.78 Å². The Bertz CT molecular complexity index is 618. The number of aromatic nitrogens is 2. The standard InChI is InChI=1S/C11H9BrF2N2S/c1-2-6-5-15-11(17)16(6)10-4-8(13)7(12)3-9(10)14/h3-5H,2H2,1H3,(H,15,17). The predicted molar refractivity (Wildman–Crippen MR) is 67.9 cm³/mol. The highest BCUT2D eigenvalue weighted by Crippen LogP contribution is 2.24. The van der Waals surface area contributed by atoms with Crippen molar-refractivity contribution in [1.82, 2.24) is 9.55 Å². The maximum atomic E-state index is 13.8. The van der Waals surface area contributed by atoms with Gasteiger partial charge in [-0.15, -0.1) is 0 Å². The van der Waals surface area contributed by atoms with Crippen LogP contribution in [0.4, 0.5) is 8.78 Å². The molecule has 17 heavy (non-hydrogen) atoms. The molecule has 6 heteroatoms. The number of H-pyrrole nitrogens is 1. The van der Waals surface area contributed by atoms with Gasteiger partial charge in [0.2, 0.25) is 0 Å². The fourth-order valence-electron chi connectivity index (χ4n) is 1.61. The number of hydrogen-bond donors (Lipinski definition) is 1. The molecule has 0 amide bonds. The average Bonchev–Trinajstić information content (AvgIpc) is 2.65. The molecule has 1 N–H and O–H groups in total. The summed E-state index contributed by atoms with van der Waals surface area (Å²) >= 11 is 8.00. The van der Waals surface area contributed by atoms with Crippen LogP contribution in [-0.2, 0) is 6.42 Å². The lowest BCUT2D eigenvalue weighted by atomic mass is 10.2. The van der Waals surface area contributed by atoms with E-state index in [9.17, 15) is 8.78 Å². The molecule has 0 fully saturated rings. The molecule has 90 valence electrons. The number of halogens is 3. The molecule has 0 radical (unpaired) electrons. The number of nitrogens with one attached hydrogen (secondary N) is 1. The zero-order chi connectivity index (χ0) is 12.6. The van der Waals surface area contributed by atoms with Gasteiger partial charge in [-0.3, -0.25) is 4.57 Å². The van der Waals surface area contributed by atoms with E-state index in [2.05, 4.69) is 20.9 Å². The van der Waals surface area contributed by atoms with E-state index in [1.54, 1.807) is 6.20 Å². The van der Waals surface area contributed by atoms with Gasteiger partial charge in [-0.1, -0.05) is 6.92 Å². The van der Waals surface area contributed by atoms with Crippen LogP contribution in [0.15, 0.2) is 22.8 Å². The van der Waals surface area contributed by atoms with E-state index in [-0.39, 0.29) is 10.2 Å². The molecule has 0 unspecified atom stereocenters. The molecule has 0 saturated heterocycles. The monoisotopic (exact) mass is 318 g/mol. The molecule has 1 aromatic heterocycles. The summed E-state index contributed by atoms with van der Waals surface area (Å²) in [6.07, 6.45) is 2.37. The van der Waals surface area contributed by atoms with Gasteiger partial charge >= 0.3 is 0 Å². The summed E-state index contributed by atoms with van der Waals surface area (Å²) in [5, 5.41) is 0. The van der Waals surface area contributed by atoms with Gasteiger partial charge in [-0.05, 0) is 40.6 Å². The molecule has 0 aliphatic carbocycles. The fraction of sp³-hybridized carbons (Fsp3) is 0.182. The number of hydrogen-bond acceptors (Lipinski definition) is 1. The van der Waals surface area contributed by atoms with Gasteiger partial charge in [0, 0.05) is 18.0 Å². The minimum Gasteiger partial charge on any atom is -0.337 e. The summed E-state index contributed by atoms with van der Waals surface area (Å²) in [5.74, 6) is -1.05. The second kappa shape index (κ2) is 4.70. The Morgan fingerprint density at radius 2 is 2.06 bits per heavy atom. The summed E-state index contributed by atoms with van der Waals surface area (Å²) in [7, 11) is 0.